The molecule has 8 nitrogen and oxygen atoms in total. The molecule has 1 unspecified atom stereocenters. The van der Waals surface area contributed by atoms with Gasteiger partial charge in [0.05, 0.1) is 6.04 Å². The van der Waals surface area contributed by atoms with Crippen LogP contribution in [0.15, 0.2) is 55.0 Å². The zero-order valence-electron chi connectivity index (χ0n) is 15.8. The van der Waals surface area contributed by atoms with E-state index in [1.165, 1.54) is 0 Å². The average Bonchev–Trinajstić information content (AvgIpc) is 3.31. The number of nitrogens with one attached hydrogen (secondary N) is 1. The third-order valence-corrected chi connectivity index (χ3v) is 4.71. The topological polar surface area (TPSA) is 90.0 Å². The second-order valence-corrected chi connectivity index (χ2v) is 6.66. The van der Waals surface area contributed by atoms with Gasteiger partial charge in [0.25, 0.3) is 11.7 Å². The molecule has 1 atom stereocenters. The fourth-order valence-corrected chi connectivity index (χ4v) is 3.17. The van der Waals surface area contributed by atoms with Gasteiger partial charge in [0.15, 0.2) is 0 Å². The Labute approximate surface area is 162 Å². The average molecular weight is 375 g/mol. The molecule has 0 radical (unpaired) electrons. The number of hydrogen-bond donors (Lipinski definition) is 1. The molecular weight excluding hydrogens is 354 g/mol. The van der Waals surface area contributed by atoms with Crippen LogP contribution < -0.4 is 5.32 Å². The van der Waals surface area contributed by atoms with E-state index in [0.717, 1.165) is 30.0 Å². The Morgan fingerprint density at radius 2 is 1.93 bits per heavy atom. The van der Waals surface area contributed by atoms with Gasteiger partial charge in [0, 0.05) is 30.8 Å². The summed E-state index contributed by atoms with van der Waals surface area (Å²) in [5.74, 6) is 1.30. The summed E-state index contributed by atoms with van der Waals surface area (Å²) in [5, 5.41) is 11.1. The molecule has 8 heteroatoms. The number of fused-ring (bicyclic) bond motifs is 1. The van der Waals surface area contributed by atoms with Crippen molar-refractivity contribution < 1.29 is 4.79 Å². The highest BCUT2D eigenvalue weighted by atomic mass is 16.2. The fraction of sp³-hybridized carbons (Fsp3) is 0.250. The normalized spacial score (nSPS) is 12.2. The van der Waals surface area contributed by atoms with Crippen LogP contribution in [0.5, 0.6) is 0 Å². The van der Waals surface area contributed by atoms with E-state index in [1.807, 2.05) is 56.4 Å². The van der Waals surface area contributed by atoms with Crippen LogP contribution in [0, 0.1) is 13.8 Å². The molecule has 3 aromatic heterocycles. The van der Waals surface area contributed by atoms with Gasteiger partial charge >= 0.3 is 0 Å². The predicted octanol–water partition coefficient (Wildman–Crippen LogP) is 2.50. The molecule has 0 aliphatic rings. The van der Waals surface area contributed by atoms with Crippen LogP contribution >= 0.6 is 0 Å². The van der Waals surface area contributed by atoms with Crippen LogP contribution in [0.2, 0.25) is 0 Å². The van der Waals surface area contributed by atoms with Gasteiger partial charge in [0.2, 0.25) is 5.82 Å². The third-order valence-electron chi connectivity index (χ3n) is 4.71. The molecule has 0 fully saturated rings. The molecule has 0 aliphatic carbocycles. The van der Waals surface area contributed by atoms with Crippen molar-refractivity contribution in [2.75, 3.05) is 0 Å². The highest BCUT2D eigenvalue weighted by molar-refractivity contribution is 5.91. The Hall–Kier alpha value is -3.55. The summed E-state index contributed by atoms with van der Waals surface area (Å²) < 4.78 is 3.67. The van der Waals surface area contributed by atoms with E-state index in [9.17, 15) is 4.79 Å². The zero-order chi connectivity index (χ0) is 19.5. The van der Waals surface area contributed by atoms with Gasteiger partial charge in [-0.1, -0.05) is 30.3 Å². The summed E-state index contributed by atoms with van der Waals surface area (Å²) in [5.41, 5.74) is 1.86. The van der Waals surface area contributed by atoms with Gasteiger partial charge in [-0.3, -0.25) is 9.20 Å². The number of benzene rings is 1. The number of carbonyl (C=O) groups excluding carboxylic acids is 1. The van der Waals surface area contributed by atoms with Crippen molar-refractivity contribution in [3.63, 3.8) is 0 Å². The molecule has 0 bridgehead atoms. The highest BCUT2D eigenvalue weighted by Crippen LogP contribution is 2.19. The molecule has 0 saturated carbocycles. The maximum atomic E-state index is 12.9. The largest absolute Gasteiger partial charge is 0.342 e. The summed E-state index contributed by atoms with van der Waals surface area (Å²) in [6, 6.07) is 11.6. The molecular formula is C20H21N7O. The Morgan fingerprint density at radius 3 is 2.68 bits per heavy atom. The summed E-state index contributed by atoms with van der Waals surface area (Å²) in [4.78, 5) is 21.5. The van der Waals surface area contributed by atoms with Gasteiger partial charge in [0.1, 0.15) is 5.82 Å². The minimum Gasteiger partial charge on any atom is -0.342 e. The molecule has 1 N–H and O–H groups in total. The lowest BCUT2D eigenvalue weighted by Crippen LogP contribution is -2.31. The van der Waals surface area contributed by atoms with Crippen molar-refractivity contribution >= 4 is 11.7 Å². The Morgan fingerprint density at radius 1 is 1.11 bits per heavy atom. The fourth-order valence-electron chi connectivity index (χ4n) is 3.17. The number of aryl methyl sites for hydroxylation is 3. The van der Waals surface area contributed by atoms with E-state index in [-0.39, 0.29) is 17.8 Å². The van der Waals surface area contributed by atoms with Crippen LogP contribution in [0.3, 0.4) is 0 Å². The number of aromatic nitrogens is 6. The van der Waals surface area contributed by atoms with Crippen LogP contribution in [-0.2, 0) is 6.54 Å². The first-order valence-corrected chi connectivity index (χ1v) is 9.14. The number of hydrogen-bond acceptors (Lipinski definition) is 5. The molecule has 1 amide bonds. The van der Waals surface area contributed by atoms with E-state index in [1.54, 1.807) is 16.8 Å². The minimum atomic E-state index is -0.283. The first kappa shape index (κ1) is 17.8. The lowest BCUT2D eigenvalue weighted by molar-refractivity contribution is 0.0922. The minimum absolute atomic E-state index is 0.166. The van der Waals surface area contributed by atoms with Crippen molar-refractivity contribution in [2.24, 2.45) is 0 Å². The SMILES string of the molecule is Cc1ccn2c(C(=O)NC(CCn3ccnc3C)c3ccccc3)nnc2n1. The first-order valence-electron chi connectivity index (χ1n) is 9.14. The second kappa shape index (κ2) is 7.59. The van der Waals surface area contributed by atoms with Crippen molar-refractivity contribution in [3.05, 3.63) is 77.9 Å². The molecule has 3 heterocycles. The molecule has 0 aliphatic heterocycles. The van der Waals surface area contributed by atoms with Crippen molar-refractivity contribution in [3.8, 4) is 0 Å². The molecule has 1 aromatic carbocycles. The smallest absolute Gasteiger partial charge is 0.290 e. The van der Waals surface area contributed by atoms with E-state index < -0.39 is 0 Å². The molecule has 0 saturated heterocycles. The lowest BCUT2D eigenvalue weighted by atomic mass is 10.0. The standard InChI is InChI=1S/C20H21N7O/c1-14-8-12-27-18(24-25-20(27)22-14)19(28)23-17(16-6-4-3-5-7-16)9-11-26-13-10-21-15(26)2/h3-8,10,12-13,17H,9,11H2,1-2H3,(H,23,28). The molecule has 142 valence electrons. The number of amides is 1. The van der Waals surface area contributed by atoms with Crippen LogP contribution in [0.4, 0.5) is 0 Å². The Kier molecular flexibility index (Phi) is 4.84. The molecule has 28 heavy (non-hydrogen) atoms. The maximum absolute atomic E-state index is 12.9. The second-order valence-electron chi connectivity index (χ2n) is 6.66. The lowest BCUT2D eigenvalue weighted by Gasteiger charge is -2.19. The van der Waals surface area contributed by atoms with E-state index in [4.69, 9.17) is 0 Å². The summed E-state index contributed by atoms with van der Waals surface area (Å²) in [7, 11) is 0. The van der Waals surface area contributed by atoms with Gasteiger partial charge in [-0.2, -0.15) is 0 Å². The number of nitrogens with zero attached hydrogens (tertiary/aromatic N) is 6. The Bertz CT molecular complexity index is 1100. The van der Waals surface area contributed by atoms with E-state index >= 15 is 0 Å². The Balaban J connectivity index is 1.57. The van der Waals surface area contributed by atoms with Crippen molar-refractivity contribution in [1.82, 2.24) is 34.4 Å². The summed E-state index contributed by atoms with van der Waals surface area (Å²) >= 11 is 0. The molecule has 4 aromatic rings. The van der Waals surface area contributed by atoms with Gasteiger partial charge < -0.3 is 9.88 Å². The van der Waals surface area contributed by atoms with Crippen LogP contribution in [0.1, 0.15) is 40.2 Å². The van der Waals surface area contributed by atoms with Crippen molar-refractivity contribution in [1.29, 1.82) is 0 Å². The van der Waals surface area contributed by atoms with E-state index in [0.29, 0.717) is 5.78 Å². The summed E-state index contributed by atoms with van der Waals surface area (Å²) in [6.07, 6.45) is 6.21. The zero-order valence-corrected chi connectivity index (χ0v) is 15.8. The van der Waals surface area contributed by atoms with Gasteiger partial charge in [-0.25, -0.2) is 9.97 Å². The number of rotatable bonds is 6. The predicted molar refractivity (Wildman–Crippen MR) is 104 cm³/mol. The summed E-state index contributed by atoms with van der Waals surface area (Å²) in [6.45, 7) is 4.58. The van der Waals surface area contributed by atoms with E-state index in [2.05, 4.69) is 30.0 Å². The number of carbonyl (C=O) groups is 1. The van der Waals surface area contributed by atoms with Crippen molar-refractivity contribution in [2.45, 2.75) is 32.9 Å². The molecule has 4 rings (SSSR count). The maximum Gasteiger partial charge on any atom is 0.290 e. The van der Waals surface area contributed by atoms with Gasteiger partial charge in [-0.15, -0.1) is 10.2 Å². The monoisotopic (exact) mass is 375 g/mol. The first-order chi connectivity index (χ1) is 13.6. The highest BCUT2D eigenvalue weighted by Gasteiger charge is 2.20. The quantitative estimate of drug-likeness (QED) is 0.559. The third kappa shape index (κ3) is 3.62. The van der Waals surface area contributed by atoms with Crippen LogP contribution in [0.25, 0.3) is 5.78 Å². The number of imidazole rings is 1. The van der Waals surface area contributed by atoms with Crippen LogP contribution in [-0.4, -0.2) is 35.0 Å². The van der Waals surface area contributed by atoms with Gasteiger partial charge in [-0.05, 0) is 31.9 Å². The molecule has 0 spiro atoms.